The third kappa shape index (κ3) is 3.42. The first-order valence-corrected chi connectivity index (χ1v) is 4.46. The highest BCUT2D eigenvalue weighted by molar-refractivity contribution is 5.75. The standard InChI is InChI=1S/C11H12O4/c1-8(12)15-10-6-4-3-5-9(10)7-11(13)14-2/h3-6H,7H2,1-2H3. The summed E-state index contributed by atoms with van der Waals surface area (Å²) in [6.45, 7) is 1.31. The predicted molar refractivity (Wildman–Crippen MR) is 53.5 cm³/mol. The molecule has 0 aromatic heterocycles. The van der Waals surface area contributed by atoms with Crippen LogP contribution in [0, 0.1) is 0 Å². The van der Waals surface area contributed by atoms with Gasteiger partial charge < -0.3 is 9.47 Å². The molecule has 0 bridgehead atoms. The van der Waals surface area contributed by atoms with Crippen LogP contribution in [0.2, 0.25) is 0 Å². The van der Waals surface area contributed by atoms with E-state index in [4.69, 9.17) is 4.74 Å². The van der Waals surface area contributed by atoms with E-state index in [-0.39, 0.29) is 12.4 Å². The summed E-state index contributed by atoms with van der Waals surface area (Å²) in [5, 5.41) is 0. The van der Waals surface area contributed by atoms with E-state index in [0.29, 0.717) is 11.3 Å². The third-order valence-corrected chi connectivity index (χ3v) is 1.79. The first kappa shape index (κ1) is 11.2. The van der Waals surface area contributed by atoms with Crippen molar-refractivity contribution in [3.05, 3.63) is 29.8 Å². The lowest BCUT2D eigenvalue weighted by Gasteiger charge is -2.07. The molecule has 0 amide bonds. The SMILES string of the molecule is COC(=O)Cc1ccccc1OC(C)=O. The number of carbonyl (C=O) groups excluding carboxylic acids is 2. The number of ether oxygens (including phenoxy) is 2. The predicted octanol–water partition coefficient (Wildman–Crippen LogP) is 1.33. The molecule has 0 aliphatic heterocycles. The minimum atomic E-state index is -0.410. The molecule has 0 atom stereocenters. The molecule has 1 aromatic rings. The second-order valence-electron chi connectivity index (χ2n) is 2.95. The summed E-state index contributed by atoms with van der Waals surface area (Å²) in [5.41, 5.74) is 0.638. The highest BCUT2D eigenvalue weighted by atomic mass is 16.5. The molecule has 0 fully saturated rings. The molecule has 0 saturated heterocycles. The summed E-state index contributed by atoms with van der Waals surface area (Å²) in [7, 11) is 1.32. The van der Waals surface area contributed by atoms with E-state index in [1.54, 1.807) is 24.3 Å². The quantitative estimate of drug-likeness (QED) is 0.555. The Kier molecular flexibility index (Phi) is 3.85. The van der Waals surface area contributed by atoms with Gasteiger partial charge in [-0.1, -0.05) is 18.2 Å². The van der Waals surface area contributed by atoms with Gasteiger partial charge in [-0.25, -0.2) is 0 Å². The minimum absolute atomic E-state index is 0.0972. The maximum Gasteiger partial charge on any atom is 0.310 e. The number of hydrogen-bond acceptors (Lipinski definition) is 4. The van der Waals surface area contributed by atoms with Gasteiger partial charge in [0.25, 0.3) is 0 Å². The van der Waals surface area contributed by atoms with Crippen molar-refractivity contribution in [3.63, 3.8) is 0 Å². The highest BCUT2D eigenvalue weighted by Crippen LogP contribution is 2.18. The van der Waals surface area contributed by atoms with Gasteiger partial charge in [0.1, 0.15) is 5.75 Å². The van der Waals surface area contributed by atoms with Crippen LogP contribution in [0.3, 0.4) is 0 Å². The molecule has 0 radical (unpaired) electrons. The van der Waals surface area contributed by atoms with Gasteiger partial charge in [0.2, 0.25) is 0 Å². The Labute approximate surface area is 87.8 Å². The molecular weight excluding hydrogens is 196 g/mol. The van der Waals surface area contributed by atoms with Gasteiger partial charge in [0.05, 0.1) is 13.5 Å². The van der Waals surface area contributed by atoms with E-state index >= 15 is 0 Å². The zero-order valence-corrected chi connectivity index (χ0v) is 8.65. The summed E-state index contributed by atoms with van der Waals surface area (Å²) in [4.78, 5) is 21.8. The van der Waals surface area contributed by atoms with Gasteiger partial charge in [0.15, 0.2) is 0 Å². The monoisotopic (exact) mass is 208 g/mol. The van der Waals surface area contributed by atoms with Crippen molar-refractivity contribution in [2.24, 2.45) is 0 Å². The number of carbonyl (C=O) groups is 2. The third-order valence-electron chi connectivity index (χ3n) is 1.79. The number of esters is 2. The van der Waals surface area contributed by atoms with Crippen LogP contribution in [0.15, 0.2) is 24.3 Å². The minimum Gasteiger partial charge on any atom is -0.469 e. The van der Waals surface area contributed by atoms with Gasteiger partial charge in [-0.05, 0) is 6.07 Å². The summed E-state index contributed by atoms with van der Waals surface area (Å²) in [6, 6.07) is 6.86. The lowest BCUT2D eigenvalue weighted by atomic mass is 10.1. The molecule has 4 nitrogen and oxygen atoms in total. The van der Waals surface area contributed by atoms with Gasteiger partial charge in [-0.15, -0.1) is 0 Å². The van der Waals surface area contributed by atoms with E-state index in [9.17, 15) is 9.59 Å². The van der Waals surface area contributed by atoms with Crippen molar-refractivity contribution in [2.75, 3.05) is 7.11 Å². The number of methoxy groups -OCH3 is 1. The first-order valence-electron chi connectivity index (χ1n) is 4.46. The fourth-order valence-corrected chi connectivity index (χ4v) is 1.13. The molecule has 15 heavy (non-hydrogen) atoms. The molecule has 0 aliphatic carbocycles. The number of rotatable bonds is 3. The van der Waals surface area contributed by atoms with Crippen molar-refractivity contribution in [2.45, 2.75) is 13.3 Å². The summed E-state index contributed by atoms with van der Waals surface area (Å²) in [5.74, 6) is -0.377. The van der Waals surface area contributed by atoms with Gasteiger partial charge in [-0.3, -0.25) is 9.59 Å². The van der Waals surface area contributed by atoms with Crippen molar-refractivity contribution >= 4 is 11.9 Å². The molecule has 1 aromatic carbocycles. The average Bonchev–Trinajstić information content (AvgIpc) is 2.20. The normalized spacial score (nSPS) is 9.47. The van der Waals surface area contributed by atoms with Crippen LogP contribution in [-0.2, 0) is 20.7 Å². The Morgan fingerprint density at radius 1 is 1.27 bits per heavy atom. The van der Waals surface area contributed by atoms with Gasteiger partial charge in [0, 0.05) is 12.5 Å². The molecule has 0 unspecified atom stereocenters. The van der Waals surface area contributed by atoms with Gasteiger partial charge >= 0.3 is 11.9 Å². The Morgan fingerprint density at radius 3 is 2.53 bits per heavy atom. The lowest BCUT2D eigenvalue weighted by molar-refractivity contribution is -0.140. The smallest absolute Gasteiger partial charge is 0.310 e. The molecule has 0 spiro atoms. The van der Waals surface area contributed by atoms with Crippen molar-refractivity contribution in [3.8, 4) is 5.75 Å². The van der Waals surface area contributed by atoms with Crippen LogP contribution in [0.4, 0.5) is 0 Å². The van der Waals surface area contributed by atoms with Crippen molar-refractivity contribution < 1.29 is 19.1 Å². The Hall–Kier alpha value is -1.84. The number of para-hydroxylation sites is 1. The van der Waals surface area contributed by atoms with Crippen molar-refractivity contribution in [1.82, 2.24) is 0 Å². The molecule has 0 heterocycles. The molecule has 4 heteroatoms. The Bertz CT molecular complexity index is 371. The maximum absolute atomic E-state index is 11.1. The van der Waals surface area contributed by atoms with Gasteiger partial charge in [-0.2, -0.15) is 0 Å². The molecule has 0 N–H and O–H groups in total. The fourth-order valence-electron chi connectivity index (χ4n) is 1.13. The maximum atomic E-state index is 11.1. The summed E-state index contributed by atoms with van der Waals surface area (Å²) in [6.07, 6.45) is 0.0972. The van der Waals surface area contributed by atoms with E-state index in [1.165, 1.54) is 14.0 Å². The van der Waals surface area contributed by atoms with E-state index in [1.807, 2.05) is 0 Å². The highest BCUT2D eigenvalue weighted by Gasteiger charge is 2.09. The molecule has 0 aliphatic rings. The summed E-state index contributed by atoms with van der Waals surface area (Å²) >= 11 is 0. The van der Waals surface area contributed by atoms with Crippen molar-refractivity contribution in [1.29, 1.82) is 0 Å². The first-order chi connectivity index (χ1) is 7.13. The van der Waals surface area contributed by atoms with Crippen LogP contribution in [0.1, 0.15) is 12.5 Å². The van der Waals surface area contributed by atoms with E-state index in [2.05, 4.69) is 4.74 Å². The molecular formula is C11H12O4. The Balaban J connectivity index is 2.85. The number of hydrogen-bond donors (Lipinski definition) is 0. The molecule has 0 saturated carbocycles. The van der Waals surface area contributed by atoms with E-state index < -0.39 is 5.97 Å². The van der Waals surface area contributed by atoms with Crippen LogP contribution in [-0.4, -0.2) is 19.0 Å². The zero-order valence-electron chi connectivity index (χ0n) is 8.65. The van der Waals surface area contributed by atoms with Crippen LogP contribution in [0.25, 0.3) is 0 Å². The molecule has 1 rings (SSSR count). The summed E-state index contributed by atoms with van der Waals surface area (Å²) < 4.78 is 9.48. The molecule has 80 valence electrons. The topological polar surface area (TPSA) is 52.6 Å². The van der Waals surface area contributed by atoms with Crippen LogP contribution in [0.5, 0.6) is 5.75 Å². The largest absolute Gasteiger partial charge is 0.469 e. The number of benzene rings is 1. The lowest BCUT2D eigenvalue weighted by Crippen LogP contribution is -2.08. The Morgan fingerprint density at radius 2 is 1.93 bits per heavy atom. The van der Waals surface area contributed by atoms with E-state index in [0.717, 1.165) is 0 Å². The zero-order chi connectivity index (χ0) is 11.3. The van der Waals surface area contributed by atoms with Crippen LogP contribution < -0.4 is 4.74 Å². The average molecular weight is 208 g/mol. The van der Waals surface area contributed by atoms with Crippen LogP contribution >= 0.6 is 0 Å². The fraction of sp³-hybridized carbons (Fsp3) is 0.273. The second kappa shape index (κ2) is 5.14. The second-order valence-corrected chi connectivity index (χ2v) is 2.95.